The van der Waals surface area contributed by atoms with Gasteiger partial charge in [0, 0.05) is 37.3 Å². The summed E-state index contributed by atoms with van der Waals surface area (Å²) in [6, 6.07) is 4.03. The predicted octanol–water partition coefficient (Wildman–Crippen LogP) is 2.95. The van der Waals surface area contributed by atoms with Crippen molar-refractivity contribution in [1.82, 2.24) is 23.9 Å². The van der Waals surface area contributed by atoms with E-state index in [0.29, 0.717) is 17.6 Å². The van der Waals surface area contributed by atoms with Crippen molar-refractivity contribution in [2.24, 2.45) is 7.05 Å². The van der Waals surface area contributed by atoms with Crippen LogP contribution in [0.15, 0.2) is 47.4 Å². The quantitative estimate of drug-likeness (QED) is 0.410. The first-order valence-electron chi connectivity index (χ1n) is 10.3. The highest BCUT2D eigenvalue weighted by atomic mass is 32.2. The molecule has 182 valence electrons. The Labute approximate surface area is 196 Å². The molecule has 4 aromatic heterocycles. The van der Waals surface area contributed by atoms with E-state index < -0.39 is 27.5 Å². The number of pyridine rings is 2. The monoisotopic (exact) mass is 506 g/mol. The first-order valence-corrected chi connectivity index (χ1v) is 11.9. The van der Waals surface area contributed by atoms with E-state index in [-0.39, 0.29) is 45.7 Å². The minimum Gasteiger partial charge on any atom is -0.456 e. The van der Waals surface area contributed by atoms with Crippen molar-refractivity contribution >= 4 is 38.3 Å². The number of esters is 1. The van der Waals surface area contributed by atoms with Crippen LogP contribution in [0.4, 0.5) is 18.9 Å². The van der Waals surface area contributed by atoms with Gasteiger partial charge in [0.25, 0.3) is 0 Å². The second-order valence-corrected chi connectivity index (χ2v) is 9.97. The summed E-state index contributed by atoms with van der Waals surface area (Å²) in [6.07, 6.45) is -1.11. The minimum absolute atomic E-state index is 0.0170. The van der Waals surface area contributed by atoms with Crippen LogP contribution in [-0.2, 0) is 32.6 Å². The summed E-state index contributed by atoms with van der Waals surface area (Å²) < 4.78 is 73.2. The fraction of sp³-hybridized carbons (Fsp3) is 0.238. The number of nitrogens with zero attached hydrogens (tertiary/aromatic N) is 5. The molecule has 14 heteroatoms. The summed E-state index contributed by atoms with van der Waals surface area (Å²) in [5.74, 6) is -0.660. The number of hydrogen-bond acceptors (Lipinski definition) is 8. The number of aryl methyl sites for hydroxylation is 1. The highest BCUT2D eigenvalue weighted by Gasteiger charge is 2.33. The number of ether oxygens (including phenoxy) is 1. The van der Waals surface area contributed by atoms with Crippen LogP contribution in [0.1, 0.15) is 12.5 Å². The first kappa shape index (κ1) is 22.8. The van der Waals surface area contributed by atoms with Gasteiger partial charge < -0.3 is 14.6 Å². The van der Waals surface area contributed by atoms with Gasteiger partial charge in [0.2, 0.25) is 0 Å². The normalized spacial score (nSPS) is 14.5. The number of anilines is 1. The van der Waals surface area contributed by atoms with E-state index in [4.69, 9.17) is 4.74 Å². The second kappa shape index (κ2) is 7.80. The average molecular weight is 506 g/mol. The van der Waals surface area contributed by atoms with Crippen molar-refractivity contribution < 1.29 is 31.1 Å². The number of carbonyl (C=O) groups is 1. The van der Waals surface area contributed by atoms with Crippen molar-refractivity contribution in [1.29, 1.82) is 0 Å². The lowest BCUT2D eigenvalue weighted by Crippen LogP contribution is -2.10. The third kappa shape index (κ3) is 3.88. The van der Waals surface area contributed by atoms with Crippen molar-refractivity contribution in [2.75, 3.05) is 17.7 Å². The average Bonchev–Trinajstić information content (AvgIpc) is 3.48. The van der Waals surface area contributed by atoms with Gasteiger partial charge in [-0.15, -0.1) is 0 Å². The molecular weight excluding hydrogens is 489 g/mol. The molecule has 0 atom stereocenters. The molecule has 0 aromatic carbocycles. The van der Waals surface area contributed by atoms with Crippen LogP contribution >= 0.6 is 0 Å². The van der Waals surface area contributed by atoms with Crippen LogP contribution in [0.25, 0.3) is 28.3 Å². The third-order valence-corrected chi connectivity index (χ3v) is 7.21. The lowest BCUT2D eigenvalue weighted by molar-refractivity contribution is -0.138. The number of alkyl halides is 3. The Kier molecular flexibility index (Phi) is 5.09. The van der Waals surface area contributed by atoms with E-state index >= 15 is 0 Å². The number of hydrogen-bond donors (Lipinski definition) is 1. The van der Waals surface area contributed by atoms with E-state index in [1.807, 2.05) is 0 Å². The van der Waals surface area contributed by atoms with Gasteiger partial charge in [-0.2, -0.15) is 13.2 Å². The predicted molar refractivity (Wildman–Crippen MR) is 118 cm³/mol. The van der Waals surface area contributed by atoms with Gasteiger partial charge in [-0.25, -0.2) is 28.2 Å². The highest BCUT2D eigenvalue weighted by Crippen LogP contribution is 2.34. The van der Waals surface area contributed by atoms with E-state index in [1.165, 1.54) is 35.2 Å². The Morgan fingerprint density at radius 1 is 1.23 bits per heavy atom. The number of cyclic esters (lactones) is 1. The maximum absolute atomic E-state index is 13.2. The number of nitrogens with one attached hydrogen (secondary N) is 1. The fourth-order valence-electron chi connectivity index (χ4n) is 3.75. The minimum atomic E-state index is -4.60. The Morgan fingerprint density at radius 3 is 2.66 bits per heavy atom. The number of imidazole rings is 2. The van der Waals surface area contributed by atoms with Crippen molar-refractivity contribution in [3.05, 3.63) is 47.9 Å². The number of rotatable bonds is 5. The Bertz CT molecular complexity index is 1650. The number of aromatic nitrogens is 5. The first-order chi connectivity index (χ1) is 16.5. The molecule has 0 radical (unpaired) electrons. The molecule has 0 bridgehead atoms. The number of fused-ring (bicyclic) bond motifs is 2. The Morgan fingerprint density at radius 2 is 2.00 bits per heavy atom. The van der Waals surface area contributed by atoms with Crippen LogP contribution in [-0.4, -0.2) is 50.7 Å². The smallest absolute Gasteiger partial charge is 0.417 e. The van der Waals surface area contributed by atoms with E-state index in [1.54, 1.807) is 12.1 Å². The number of halogens is 3. The zero-order valence-corrected chi connectivity index (χ0v) is 19.1. The molecule has 0 amide bonds. The molecular formula is C21H17F3N6O4S. The molecule has 5 rings (SSSR count). The van der Waals surface area contributed by atoms with E-state index in [9.17, 15) is 26.4 Å². The van der Waals surface area contributed by atoms with Gasteiger partial charge in [0.05, 0.1) is 17.0 Å². The van der Waals surface area contributed by atoms with Crippen molar-refractivity contribution in [3.8, 4) is 11.5 Å². The van der Waals surface area contributed by atoms with Gasteiger partial charge in [0.1, 0.15) is 23.5 Å². The maximum atomic E-state index is 13.2. The summed E-state index contributed by atoms with van der Waals surface area (Å²) in [5, 5.41) is 2.87. The molecule has 10 nitrogen and oxygen atoms in total. The molecule has 0 unspecified atom stereocenters. The van der Waals surface area contributed by atoms with Crippen LogP contribution < -0.4 is 5.32 Å². The summed E-state index contributed by atoms with van der Waals surface area (Å²) in [5.41, 5.74) is 0.412. The van der Waals surface area contributed by atoms with Gasteiger partial charge in [-0.05, 0) is 12.1 Å². The SMILES string of the molecule is CCS(=O)(=O)c1c(-c2nc3cc(C(F)(F)F)cnc3n2C)nc2cc(NC3=CC(=O)OC3)ccn12. The zero-order valence-electron chi connectivity index (χ0n) is 18.3. The van der Waals surface area contributed by atoms with Gasteiger partial charge in [-0.3, -0.25) is 4.40 Å². The lowest BCUT2D eigenvalue weighted by Gasteiger charge is -2.08. The summed E-state index contributed by atoms with van der Waals surface area (Å²) in [7, 11) is -2.32. The third-order valence-electron chi connectivity index (χ3n) is 5.47. The van der Waals surface area contributed by atoms with Gasteiger partial charge in [0.15, 0.2) is 26.3 Å². The molecule has 0 saturated carbocycles. The van der Waals surface area contributed by atoms with E-state index in [2.05, 4.69) is 20.3 Å². The van der Waals surface area contributed by atoms with Gasteiger partial charge >= 0.3 is 12.1 Å². The van der Waals surface area contributed by atoms with Gasteiger partial charge in [-0.1, -0.05) is 6.92 Å². The molecule has 1 N–H and O–H groups in total. The summed E-state index contributed by atoms with van der Waals surface area (Å²) >= 11 is 0. The molecule has 0 fully saturated rings. The molecule has 0 saturated heterocycles. The van der Waals surface area contributed by atoms with Crippen LogP contribution in [0.3, 0.4) is 0 Å². The standard InChI is InChI=1S/C21H17F3N6O4S/c1-3-35(32,33)20-17(19-27-14-6-11(21(22,23)24)9-25-18(14)29(19)2)28-15-7-12(4-5-30(15)20)26-13-8-16(31)34-10-13/h4-9,26H,3,10H2,1-2H3. The fourth-order valence-corrected chi connectivity index (χ4v) is 4.91. The Hall–Kier alpha value is -3.94. The number of carbonyl (C=O) groups excluding carboxylic acids is 1. The second-order valence-electron chi connectivity index (χ2n) is 7.77. The molecule has 1 aliphatic heterocycles. The molecule has 0 aliphatic carbocycles. The highest BCUT2D eigenvalue weighted by molar-refractivity contribution is 7.91. The summed E-state index contributed by atoms with van der Waals surface area (Å²) in [6.45, 7) is 1.55. The maximum Gasteiger partial charge on any atom is 0.417 e. The molecule has 35 heavy (non-hydrogen) atoms. The zero-order chi connectivity index (χ0) is 25.1. The van der Waals surface area contributed by atoms with Crippen molar-refractivity contribution in [3.63, 3.8) is 0 Å². The van der Waals surface area contributed by atoms with Crippen LogP contribution in [0.5, 0.6) is 0 Å². The molecule has 5 heterocycles. The molecule has 4 aromatic rings. The lowest BCUT2D eigenvalue weighted by atomic mass is 10.2. The van der Waals surface area contributed by atoms with Crippen molar-refractivity contribution in [2.45, 2.75) is 18.1 Å². The molecule has 0 spiro atoms. The number of sulfone groups is 1. The van der Waals surface area contributed by atoms with Crippen LogP contribution in [0.2, 0.25) is 0 Å². The largest absolute Gasteiger partial charge is 0.456 e. The molecule has 1 aliphatic rings. The van der Waals surface area contributed by atoms with E-state index in [0.717, 1.165) is 6.07 Å². The van der Waals surface area contributed by atoms with Crippen LogP contribution in [0, 0.1) is 0 Å². The Balaban J connectivity index is 1.69. The summed E-state index contributed by atoms with van der Waals surface area (Å²) in [4.78, 5) is 23.9. The topological polar surface area (TPSA) is 120 Å².